The number of hydrogen-bond acceptors (Lipinski definition) is 4. The van der Waals surface area contributed by atoms with Crippen LogP contribution in [0.4, 0.5) is 4.70 Å². The first kappa shape index (κ1) is 30.2. The molecule has 0 fully saturated rings. The van der Waals surface area contributed by atoms with Crippen molar-refractivity contribution in [2.24, 2.45) is 0 Å². The van der Waals surface area contributed by atoms with Gasteiger partial charge in [0.1, 0.15) is 0 Å². The molecule has 0 radical (unpaired) electrons. The summed E-state index contributed by atoms with van der Waals surface area (Å²) in [6.07, 6.45) is 0. The Morgan fingerprint density at radius 2 is 0.889 bits per heavy atom. The molecule has 0 aliphatic rings. The van der Waals surface area contributed by atoms with Crippen LogP contribution in [0.3, 0.4) is 0 Å². The average Bonchev–Trinajstić information content (AvgIpc) is 0.722. The fraction of sp³-hybridized carbons (Fsp3) is 0. The van der Waals surface area contributed by atoms with Crippen LogP contribution in [-0.4, -0.2) is 32.1 Å². The van der Waals surface area contributed by atoms with Crippen LogP contribution >= 0.6 is 0 Å². The van der Waals surface area contributed by atoms with Crippen molar-refractivity contribution in [1.29, 1.82) is 0 Å². The Balaban J connectivity index is -0.0000000133. The molecule has 0 spiro atoms. The number of halogens is 1. The molecule has 0 unspecified atom stereocenters. The zero-order valence-electron chi connectivity index (χ0n) is 5.25. The predicted octanol–water partition coefficient (Wildman–Crippen LogP) is -11.4. The van der Waals surface area contributed by atoms with Crippen LogP contribution in [0, 0.1) is 0 Å². The Hall–Kier alpha value is 2.35. The molecule has 4 nitrogen and oxygen atoms in total. The minimum absolute atomic E-state index is 0. The van der Waals surface area contributed by atoms with Crippen molar-refractivity contribution >= 4 is 32.1 Å². The summed E-state index contributed by atoms with van der Waals surface area (Å²) in [4.78, 5) is 34.3. The van der Waals surface area contributed by atoms with E-state index in [0.717, 1.165) is 0 Å². The standard InChI is InChI=1S/FH.Li.Mg.Na.O4Si/c;;;;1-5(2,3)4/h1H;;;;/q;+1;+2;+1;-4. The van der Waals surface area contributed by atoms with E-state index in [1.807, 2.05) is 0 Å². The summed E-state index contributed by atoms with van der Waals surface area (Å²) in [6.45, 7) is 0. The first-order valence-corrected chi connectivity index (χ1v) is 2.45. The summed E-state index contributed by atoms with van der Waals surface area (Å²) in [5.74, 6) is 0. The summed E-state index contributed by atoms with van der Waals surface area (Å²) in [5, 5.41) is 0. The molecule has 0 bridgehead atoms. The predicted molar refractivity (Wildman–Crippen MR) is 14.0 cm³/mol. The van der Waals surface area contributed by atoms with Gasteiger partial charge in [-0.2, -0.15) is 0 Å². The van der Waals surface area contributed by atoms with Gasteiger partial charge < -0.3 is 28.2 Å². The van der Waals surface area contributed by atoms with E-state index < -0.39 is 9.05 Å². The second kappa shape index (κ2) is 13.0. The summed E-state index contributed by atoms with van der Waals surface area (Å²) in [6, 6.07) is 0. The SMILES string of the molecule is F.[Li+].[Mg+2].[Na+].[O-][Si]([O-])([O-])[O-]. The second-order valence-electron chi connectivity index (χ2n) is 0.500. The van der Waals surface area contributed by atoms with Crippen LogP contribution in [0.15, 0.2) is 0 Å². The zero-order chi connectivity index (χ0) is 4.50. The maximum absolute atomic E-state index is 8.58. The molecule has 0 aliphatic carbocycles. The summed E-state index contributed by atoms with van der Waals surface area (Å²) < 4.78 is 0. The van der Waals surface area contributed by atoms with Crippen molar-refractivity contribution in [2.75, 3.05) is 0 Å². The maximum Gasteiger partial charge on any atom is 2.00 e. The van der Waals surface area contributed by atoms with Crippen LogP contribution in [0.25, 0.3) is 0 Å². The van der Waals surface area contributed by atoms with Gasteiger partial charge in [-0.15, -0.1) is 0 Å². The van der Waals surface area contributed by atoms with Gasteiger partial charge in [-0.25, -0.2) is 0 Å². The van der Waals surface area contributed by atoms with Crippen molar-refractivity contribution in [3.8, 4) is 0 Å². The normalized spacial score (nSPS) is 6.67. The molecule has 0 aromatic carbocycles. The summed E-state index contributed by atoms with van der Waals surface area (Å²) >= 11 is 0. The van der Waals surface area contributed by atoms with E-state index in [0.29, 0.717) is 0 Å². The Morgan fingerprint density at radius 3 is 0.889 bits per heavy atom. The van der Waals surface area contributed by atoms with E-state index in [1.165, 1.54) is 0 Å². The zero-order valence-corrected chi connectivity index (χ0v) is 9.66. The molecule has 0 aromatic rings. The molecule has 0 aromatic heterocycles. The first-order valence-electron chi connectivity index (χ1n) is 0.816. The van der Waals surface area contributed by atoms with Gasteiger partial charge in [-0.3, -0.25) is 4.70 Å². The smallest absolute Gasteiger partial charge is 0.894 e. The fourth-order valence-electron chi connectivity index (χ4n) is 0. The van der Waals surface area contributed by atoms with Crippen molar-refractivity contribution < 1.29 is 72.3 Å². The third-order valence-corrected chi connectivity index (χ3v) is 0. The molecule has 0 rings (SSSR count). The van der Waals surface area contributed by atoms with Gasteiger partial charge in [-0.05, 0) is 0 Å². The van der Waals surface area contributed by atoms with Gasteiger partial charge in [0.25, 0.3) is 0 Å². The topological polar surface area (TPSA) is 92.2 Å². The van der Waals surface area contributed by atoms with Crippen LogP contribution in [0.5, 0.6) is 0 Å². The largest absolute Gasteiger partial charge is 2.00 e. The number of rotatable bonds is 0. The Labute approximate surface area is 103 Å². The molecule has 0 atom stereocenters. The average molecular weight is 166 g/mol. The van der Waals surface area contributed by atoms with E-state index in [1.54, 1.807) is 0 Å². The van der Waals surface area contributed by atoms with Crippen molar-refractivity contribution in [2.45, 2.75) is 0 Å². The third kappa shape index (κ3) is 131. The molecule has 0 saturated heterocycles. The maximum atomic E-state index is 8.58. The summed E-state index contributed by atoms with van der Waals surface area (Å²) in [5.41, 5.74) is 0. The summed E-state index contributed by atoms with van der Waals surface area (Å²) in [7, 11) is -5.61. The van der Waals surface area contributed by atoms with Gasteiger partial charge in [-0.1, -0.05) is 0 Å². The van der Waals surface area contributed by atoms with Crippen molar-refractivity contribution in [3.63, 3.8) is 0 Å². The minimum atomic E-state index is -5.61. The monoisotopic (exact) mass is 166 g/mol. The first-order chi connectivity index (χ1) is 2.00. The molecule has 9 heavy (non-hydrogen) atoms. The molecule has 0 saturated carbocycles. The third-order valence-electron chi connectivity index (χ3n) is 0. The molecule has 0 N–H and O–H groups in total. The molecule has 0 heterocycles. The molecular formula is HFLiMgNaO4Si. The second-order valence-corrected chi connectivity index (χ2v) is 1.50. The van der Waals surface area contributed by atoms with Gasteiger partial charge >= 0.3 is 71.5 Å². The number of hydrogen-bond donors (Lipinski definition) is 0. The van der Waals surface area contributed by atoms with E-state index in [9.17, 15) is 0 Å². The van der Waals surface area contributed by atoms with Crippen LogP contribution in [0.1, 0.15) is 0 Å². The molecular weight excluding hydrogens is 165 g/mol. The van der Waals surface area contributed by atoms with Crippen molar-refractivity contribution in [3.05, 3.63) is 0 Å². The van der Waals surface area contributed by atoms with E-state index in [4.69, 9.17) is 19.2 Å². The van der Waals surface area contributed by atoms with E-state index in [2.05, 4.69) is 0 Å². The van der Waals surface area contributed by atoms with Crippen molar-refractivity contribution in [1.82, 2.24) is 0 Å². The minimum Gasteiger partial charge on any atom is -0.894 e. The van der Waals surface area contributed by atoms with Gasteiger partial charge in [0.05, 0.1) is 0 Å². The van der Waals surface area contributed by atoms with Crippen LogP contribution in [0.2, 0.25) is 0 Å². The van der Waals surface area contributed by atoms with Crippen LogP contribution in [-0.2, 0) is 0 Å². The van der Waals surface area contributed by atoms with E-state index in [-0.39, 0.29) is 76.2 Å². The molecule has 40 valence electrons. The van der Waals surface area contributed by atoms with Gasteiger partial charge in [0, 0.05) is 0 Å². The fourth-order valence-corrected chi connectivity index (χ4v) is 0. The van der Waals surface area contributed by atoms with Gasteiger partial charge in [0.2, 0.25) is 0 Å². The Bertz CT molecular complexity index is 36.0. The Morgan fingerprint density at radius 1 is 0.889 bits per heavy atom. The molecule has 0 aliphatic heterocycles. The molecule has 9 heteroatoms. The van der Waals surface area contributed by atoms with Crippen LogP contribution < -0.4 is 67.6 Å². The molecule has 0 amide bonds. The quantitative estimate of drug-likeness (QED) is 0.334. The van der Waals surface area contributed by atoms with Gasteiger partial charge in [0.15, 0.2) is 0 Å². The Kier molecular flexibility index (Phi) is 43.5. The van der Waals surface area contributed by atoms with E-state index >= 15 is 0 Å².